The summed E-state index contributed by atoms with van der Waals surface area (Å²) in [4.78, 5) is 20.3. The topological polar surface area (TPSA) is 47.4 Å². The fourth-order valence-electron chi connectivity index (χ4n) is 6.10. The second kappa shape index (κ2) is 10.0. The van der Waals surface area contributed by atoms with Crippen molar-refractivity contribution < 1.29 is 9.53 Å². The number of anilines is 1. The highest BCUT2D eigenvalue weighted by atomic mass is 16.6. The van der Waals surface area contributed by atoms with Gasteiger partial charge in [-0.3, -0.25) is 0 Å². The van der Waals surface area contributed by atoms with Crippen LogP contribution >= 0.6 is 0 Å². The van der Waals surface area contributed by atoms with E-state index in [1.54, 1.807) is 6.20 Å². The highest BCUT2D eigenvalue weighted by Crippen LogP contribution is 2.51. The number of hydrogen-bond acceptors (Lipinski definition) is 4. The van der Waals surface area contributed by atoms with E-state index in [1.807, 2.05) is 12.1 Å². The molecule has 1 aliphatic rings. The van der Waals surface area contributed by atoms with Crippen molar-refractivity contribution in [3.8, 4) is 0 Å². The Balaban J connectivity index is 1.87. The van der Waals surface area contributed by atoms with Crippen molar-refractivity contribution in [1.29, 1.82) is 0 Å². The van der Waals surface area contributed by atoms with Crippen LogP contribution in [0.2, 0.25) is 0 Å². The zero-order valence-electron chi connectivity index (χ0n) is 22.7. The molecule has 0 fully saturated rings. The van der Waals surface area contributed by atoms with E-state index in [1.165, 1.54) is 16.8 Å². The third-order valence-electron chi connectivity index (χ3n) is 7.92. The second-order valence-electron chi connectivity index (χ2n) is 9.82. The zero-order valence-corrected chi connectivity index (χ0v) is 22.7. The molecule has 2 aromatic carbocycles. The van der Waals surface area contributed by atoms with Gasteiger partial charge >= 0.3 is 5.97 Å². The molecule has 4 aromatic rings. The lowest BCUT2D eigenvalue weighted by atomic mass is 9.77. The van der Waals surface area contributed by atoms with Crippen LogP contribution in [0.3, 0.4) is 0 Å². The van der Waals surface area contributed by atoms with Crippen molar-refractivity contribution in [3.63, 3.8) is 0 Å². The number of nitrogens with zero attached hydrogens (tertiary/aromatic N) is 3. The van der Waals surface area contributed by atoms with Crippen LogP contribution < -0.4 is 4.90 Å². The van der Waals surface area contributed by atoms with E-state index >= 15 is 0 Å². The van der Waals surface area contributed by atoms with E-state index in [9.17, 15) is 4.79 Å². The number of aryl methyl sites for hydroxylation is 2. The number of hydrogen-bond donors (Lipinski definition) is 0. The summed E-state index contributed by atoms with van der Waals surface area (Å²) in [5.74, 6) is -0.365. The maximum absolute atomic E-state index is 13.4. The first-order valence-electron chi connectivity index (χ1n) is 13.7. The van der Waals surface area contributed by atoms with Crippen LogP contribution in [-0.2, 0) is 23.3 Å². The molecule has 5 heteroatoms. The maximum Gasteiger partial charge on any atom is 0.358 e. The standard InChI is InChI=1S/C32H37N3O2/c1-6-10-20-35-22(5)29(25-14-11-12-16-28(25)35)32(27-15-13-19-33-30(27)31(36)37-32)26-18-17-24(21-23(26)7-2)34(8-3)9-4/h11-19,21H,6-10,20H2,1-5H3. The average Bonchev–Trinajstić information content (AvgIpc) is 3.39. The molecular weight excluding hydrogens is 458 g/mol. The Morgan fingerprint density at radius 1 is 0.973 bits per heavy atom. The number of esters is 1. The molecule has 0 saturated carbocycles. The molecule has 1 atom stereocenters. The van der Waals surface area contributed by atoms with Gasteiger partial charge in [0, 0.05) is 64.8 Å². The average molecular weight is 496 g/mol. The van der Waals surface area contributed by atoms with Gasteiger partial charge in [-0.05, 0) is 63.4 Å². The van der Waals surface area contributed by atoms with Crippen molar-refractivity contribution in [1.82, 2.24) is 9.55 Å². The first kappa shape index (κ1) is 25.1. The summed E-state index contributed by atoms with van der Waals surface area (Å²) in [6, 6.07) is 19.1. The number of aromatic nitrogens is 2. The monoisotopic (exact) mass is 495 g/mol. The number of carbonyl (C=O) groups excluding carboxylic acids is 1. The van der Waals surface area contributed by atoms with Crippen molar-refractivity contribution in [2.75, 3.05) is 18.0 Å². The second-order valence-corrected chi connectivity index (χ2v) is 9.82. The minimum absolute atomic E-state index is 0.365. The van der Waals surface area contributed by atoms with E-state index in [2.05, 4.69) is 91.5 Å². The molecule has 3 heterocycles. The Kier molecular flexibility index (Phi) is 6.80. The highest BCUT2D eigenvalue weighted by Gasteiger charge is 2.52. The van der Waals surface area contributed by atoms with Gasteiger partial charge in [-0.15, -0.1) is 0 Å². The molecule has 0 amide bonds. The Morgan fingerprint density at radius 2 is 1.76 bits per heavy atom. The maximum atomic E-state index is 13.4. The predicted octanol–water partition coefficient (Wildman–Crippen LogP) is 7.02. The van der Waals surface area contributed by atoms with Crippen molar-refractivity contribution in [3.05, 3.63) is 94.4 Å². The fraction of sp³-hybridized carbons (Fsp3) is 0.375. The number of rotatable bonds is 9. The highest BCUT2D eigenvalue weighted by molar-refractivity contribution is 5.97. The van der Waals surface area contributed by atoms with Crippen molar-refractivity contribution >= 4 is 22.6 Å². The Morgan fingerprint density at radius 3 is 2.49 bits per heavy atom. The van der Waals surface area contributed by atoms with Gasteiger partial charge in [-0.1, -0.05) is 50.6 Å². The molecule has 0 saturated heterocycles. The lowest BCUT2D eigenvalue weighted by Crippen LogP contribution is -2.32. The summed E-state index contributed by atoms with van der Waals surface area (Å²) < 4.78 is 8.96. The van der Waals surface area contributed by atoms with Gasteiger partial charge in [-0.25, -0.2) is 9.78 Å². The lowest BCUT2D eigenvalue weighted by molar-refractivity contribution is 0.0248. The van der Waals surface area contributed by atoms with E-state index in [0.29, 0.717) is 5.69 Å². The predicted molar refractivity (Wildman–Crippen MR) is 150 cm³/mol. The summed E-state index contributed by atoms with van der Waals surface area (Å²) in [6.07, 6.45) is 4.70. The van der Waals surface area contributed by atoms with Crippen LogP contribution in [0.1, 0.15) is 79.0 Å². The molecule has 0 radical (unpaired) electrons. The quantitative estimate of drug-likeness (QED) is 0.234. The summed E-state index contributed by atoms with van der Waals surface area (Å²) in [7, 11) is 0. The van der Waals surface area contributed by atoms with Gasteiger partial charge in [0.15, 0.2) is 11.3 Å². The minimum Gasteiger partial charge on any atom is -0.439 e. The number of fused-ring (bicyclic) bond motifs is 2. The van der Waals surface area contributed by atoms with Gasteiger partial charge < -0.3 is 14.2 Å². The van der Waals surface area contributed by atoms with Crippen LogP contribution in [-0.4, -0.2) is 28.6 Å². The molecule has 0 aliphatic carbocycles. The summed E-state index contributed by atoms with van der Waals surface area (Å²) >= 11 is 0. The van der Waals surface area contributed by atoms with Crippen molar-refractivity contribution in [2.45, 2.75) is 66.0 Å². The van der Waals surface area contributed by atoms with Gasteiger partial charge in [-0.2, -0.15) is 0 Å². The van der Waals surface area contributed by atoms with E-state index < -0.39 is 5.60 Å². The smallest absolute Gasteiger partial charge is 0.358 e. The van der Waals surface area contributed by atoms with Crippen LogP contribution in [0.25, 0.3) is 10.9 Å². The fourth-order valence-corrected chi connectivity index (χ4v) is 6.10. The van der Waals surface area contributed by atoms with E-state index in [0.717, 1.165) is 66.7 Å². The molecule has 1 aliphatic heterocycles. The first-order chi connectivity index (χ1) is 18.0. The molecule has 0 bridgehead atoms. The normalized spacial score (nSPS) is 16.7. The molecule has 37 heavy (non-hydrogen) atoms. The van der Waals surface area contributed by atoms with Gasteiger partial charge in [0.25, 0.3) is 0 Å². The van der Waals surface area contributed by atoms with Gasteiger partial charge in [0.05, 0.1) is 0 Å². The zero-order chi connectivity index (χ0) is 26.2. The summed E-state index contributed by atoms with van der Waals surface area (Å²) in [6.45, 7) is 13.7. The molecule has 1 unspecified atom stereocenters. The number of para-hydroxylation sites is 1. The number of cyclic esters (lactones) is 1. The molecule has 5 nitrogen and oxygen atoms in total. The number of benzene rings is 2. The largest absolute Gasteiger partial charge is 0.439 e. The van der Waals surface area contributed by atoms with E-state index in [-0.39, 0.29) is 5.97 Å². The van der Waals surface area contributed by atoms with Crippen molar-refractivity contribution in [2.24, 2.45) is 0 Å². The van der Waals surface area contributed by atoms with Gasteiger partial charge in [0.2, 0.25) is 0 Å². The molecule has 5 rings (SSSR count). The third-order valence-corrected chi connectivity index (χ3v) is 7.92. The molecular formula is C32H37N3O2. The lowest BCUT2D eigenvalue weighted by Gasteiger charge is -2.33. The van der Waals surface area contributed by atoms with E-state index in [4.69, 9.17) is 4.74 Å². The molecule has 0 N–H and O–H groups in total. The minimum atomic E-state index is -1.06. The Labute approximate surface area is 220 Å². The Hall–Kier alpha value is -3.60. The van der Waals surface area contributed by atoms with Crippen LogP contribution in [0.5, 0.6) is 0 Å². The Bertz CT molecular complexity index is 1450. The third kappa shape index (κ3) is 3.83. The van der Waals surface area contributed by atoms with Crippen LogP contribution in [0, 0.1) is 6.92 Å². The summed E-state index contributed by atoms with van der Waals surface area (Å²) in [5, 5.41) is 1.12. The molecule has 192 valence electrons. The number of ether oxygens (including phenoxy) is 1. The van der Waals surface area contributed by atoms with Crippen LogP contribution in [0.4, 0.5) is 5.69 Å². The summed E-state index contributed by atoms with van der Waals surface area (Å²) in [5.41, 5.74) is 6.92. The number of unbranched alkanes of at least 4 members (excludes halogenated alkanes) is 1. The number of pyridine rings is 1. The van der Waals surface area contributed by atoms with Gasteiger partial charge in [0.1, 0.15) is 0 Å². The molecule has 2 aromatic heterocycles. The van der Waals surface area contributed by atoms with Crippen LogP contribution in [0.15, 0.2) is 60.8 Å². The first-order valence-corrected chi connectivity index (χ1v) is 13.7. The number of carbonyl (C=O) groups is 1. The molecule has 0 spiro atoms. The SMILES string of the molecule is CCCCn1c(C)c(C2(c3ccc(N(CC)CC)cc3CC)OC(=O)c3ncccc32)c2ccccc21.